The van der Waals surface area contributed by atoms with Gasteiger partial charge in [0.15, 0.2) is 0 Å². The number of nitrogens with zero attached hydrogens (tertiary/aromatic N) is 1. The Kier molecular flexibility index (Phi) is 2.50. The van der Waals surface area contributed by atoms with Gasteiger partial charge in [-0.05, 0) is 36.8 Å². The molecule has 1 aliphatic rings. The summed E-state index contributed by atoms with van der Waals surface area (Å²) in [6.07, 6.45) is 5.63. The van der Waals surface area contributed by atoms with Crippen molar-refractivity contribution in [3.63, 3.8) is 0 Å². The van der Waals surface area contributed by atoms with Crippen molar-refractivity contribution in [2.45, 2.75) is 39.0 Å². The Bertz CT molecular complexity index is 573. The molecule has 17 heavy (non-hydrogen) atoms. The molecule has 0 fully saturated rings. The third-order valence-electron chi connectivity index (χ3n) is 3.69. The molecule has 0 saturated carbocycles. The van der Waals surface area contributed by atoms with Crippen LogP contribution in [0.2, 0.25) is 0 Å². The Balaban J connectivity index is 2.31. The molecule has 0 radical (unpaired) electrons. The highest BCUT2D eigenvalue weighted by Crippen LogP contribution is 2.33. The van der Waals surface area contributed by atoms with E-state index in [0.29, 0.717) is 0 Å². The predicted octanol–water partition coefficient (Wildman–Crippen LogP) is 3.26. The summed E-state index contributed by atoms with van der Waals surface area (Å²) < 4.78 is 0. The van der Waals surface area contributed by atoms with Crippen molar-refractivity contribution in [1.82, 2.24) is 4.98 Å². The van der Waals surface area contributed by atoms with E-state index in [0.717, 1.165) is 42.3 Å². The molecule has 2 aromatic rings. The Labute approximate surface area is 102 Å². The summed E-state index contributed by atoms with van der Waals surface area (Å²) in [5.74, 6) is 0. The standard InChI is InChI=1S/C15H18N2/c1-2-5-10-6-3-8-12-14(16)11-7-4-9-13(11)17-15(10)12/h3,6,8H,2,4-5,7,9H2,1H3,(H2,16,17). The van der Waals surface area contributed by atoms with Gasteiger partial charge < -0.3 is 5.73 Å². The van der Waals surface area contributed by atoms with Crippen LogP contribution in [0.15, 0.2) is 18.2 Å². The summed E-state index contributed by atoms with van der Waals surface area (Å²) in [6, 6.07) is 6.39. The van der Waals surface area contributed by atoms with E-state index >= 15 is 0 Å². The van der Waals surface area contributed by atoms with E-state index in [9.17, 15) is 0 Å². The van der Waals surface area contributed by atoms with E-state index in [4.69, 9.17) is 10.7 Å². The number of fused-ring (bicyclic) bond motifs is 2. The van der Waals surface area contributed by atoms with Crippen molar-refractivity contribution in [3.8, 4) is 0 Å². The summed E-state index contributed by atoms with van der Waals surface area (Å²) in [5.41, 5.74) is 12.3. The number of pyridine rings is 1. The second-order valence-corrected chi connectivity index (χ2v) is 4.87. The Morgan fingerprint density at radius 1 is 1.29 bits per heavy atom. The van der Waals surface area contributed by atoms with E-state index in [1.165, 1.54) is 23.2 Å². The Hall–Kier alpha value is -1.57. The highest BCUT2D eigenvalue weighted by atomic mass is 14.7. The van der Waals surface area contributed by atoms with Gasteiger partial charge in [0.2, 0.25) is 0 Å². The van der Waals surface area contributed by atoms with Gasteiger partial charge in [-0.1, -0.05) is 31.5 Å². The fourth-order valence-corrected chi connectivity index (χ4v) is 2.85. The average molecular weight is 226 g/mol. The highest BCUT2D eigenvalue weighted by Gasteiger charge is 2.18. The van der Waals surface area contributed by atoms with Gasteiger partial charge >= 0.3 is 0 Å². The zero-order chi connectivity index (χ0) is 11.8. The van der Waals surface area contributed by atoms with Gasteiger partial charge in [-0.2, -0.15) is 0 Å². The van der Waals surface area contributed by atoms with Crippen LogP contribution in [0.3, 0.4) is 0 Å². The molecule has 88 valence electrons. The number of nitrogens with two attached hydrogens (primary N) is 1. The Morgan fingerprint density at radius 3 is 3.00 bits per heavy atom. The molecule has 1 heterocycles. The highest BCUT2D eigenvalue weighted by molar-refractivity contribution is 5.94. The first-order valence-electron chi connectivity index (χ1n) is 6.50. The number of hydrogen-bond donors (Lipinski definition) is 1. The molecule has 2 N–H and O–H groups in total. The smallest absolute Gasteiger partial charge is 0.0758 e. The number of rotatable bonds is 2. The van der Waals surface area contributed by atoms with Gasteiger partial charge in [-0.3, -0.25) is 4.98 Å². The molecular weight excluding hydrogens is 208 g/mol. The van der Waals surface area contributed by atoms with Crippen molar-refractivity contribution >= 4 is 16.6 Å². The predicted molar refractivity (Wildman–Crippen MR) is 72.2 cm³/mol. The maximum atomic E-state index is 6.30. The lowest BCUT2D eigenvalue weighted by molar-refractivity contribution is 0.899. The summed E-state index contributed by atoms with van der Waals surface area (Å²) in [6.45, 7) is 2.20. The summed E-state index contributed by atoms with van der Waals surface area (Å²) in [5, 5.41) is 1.15. The minimum absolute atomic E-state index is 0.973. The van der Waals surface area contributed by atoms with E-state index in [1.54, 1.807) is 0 Å². The molecule has 0 amide bonds. The van der Waals surface area contributed by atoms with Gasteiger partial charge in [-0.25, -0.2) is 0 Å². The average Bonchev–Trinajstić information content (AvgIpc) is 2.79. The van der Waals surface area contributed by atoms with Crippen LogP contribution < -0.4 is 5.73 Å². The van der Waals surface area contributed by atoms with Gasteiger partial charge in [-0.15, -0.1) is 0 Å². The van der Waals surface area contributed by atoms with Crippen LogP contribution in [-0.4, -0.2) is 4.98 Å². The minimum atomic E-state index is 0.973. The maximum Gasteiger partial charge on any atom is 0.0758 e. The molecule has 0 unspecified atom stereocenters. The largest absolute Gasteiger partial charge is 0.398 e. The van der Waals surface area contributed by atoms with Crippen LogP contribution in [0.5, 0.6) is 0 Å². The molecule has 0 bridgehead atoms. The van der Waals surface area contributed by atoms with Crippen LogP contribution in [0, 0.1) is 0 Å². The molecule has 2 nitrogen and oxygen atoms in total. The van der Waals surface area contributed by atoms with E-state index in [2.05, 4.69) is 25.1 Å². The minimum Gasteiger partial charge on any atom is -0.398 e. The van der Waals surface area contributed by atoms with Gasteiger partial charge in [0.25, 0.3) is 0 Å². The third kappa shape index (κ3) is 1.59. The molecule has 1 aliphatic carbocycles. The number of aryl methyl sites for hydroxylation is 2. The summed E-state index contributed by atoms with van der Waals surface area (Å²) in [7, 11) is 0. The second kappa shape index (κ2) is 4.02. The molecule has 0 spiro atoms. The van der Waals surface area contributed by atoms with Crippen molar-refractivity contribution in [1.29, 1.82) is 0 Å². The zero-order valence-electron chi connectivity index (χ0n) is 10.3. The molecular formula is C15H18N2. The maximum absolute atomic E-state index is 6.30. The van der Waals surface area contributed by atoms with Crippen LogP contribution in [0.25, 0.3) is 10.9 Å². The first-order valence-corrected chi connectivity index (χ1v) is 6.50. The topological polar surface area (TPSA) is 38.9 Å². The molecule has 0 aliphatic heterocycles. The molecule has 0 saturated heterocycles. The van der Waals surface area contributed by atoms with Crippen LogP contribution in [-0.2, 0) is 19.3 Å². The zero-order valence-corrected chi connectivity index (χ0v) is 10.3. The quantitative estimate of drug-likeness (QED) is 0.853. The number of hydrogen-bond acceptors (Lipinski definition) is 2. The lowest BCUT2D eigenvalue weighted by Gasteiger charge is -2.11. The SMILES string of the molecule is CCCc1cccc2c(N)c3c(nc12)CCC3. The normalized spacial score (nSPS) is 14.2. The third-order valence-corrected chi connectivity index (χ3v) is 3.69. The second-order valence-electron chi connectivity index (χ2n) is 4.87. The van der Waals surface area contributed by atoms with Gasteiger partial charge in [0.1, 0.15) is 0 Å². The first kappa shape index (κ1) is 10.6. The lowest BCUT2D eigenvalue weighted by Crippen LogP contribution is -2.00. The monoisotopic (exact) mass is 226 g/mol. The van der Waals surface area contributed by atoms with Crippen molar-refractivity contribution in [2.75, 3.05) is 5.73 Å². The van der Waals surface area contributed by atoms with Crippen molar-refractivity contribution in [2.24, 2.45) is 0 Å². The Morgan fingerprint density at radius 2 is 2.18 bits per heavy atom. The fourth-order valence-electron chi connectivity index (χ4n) is 2.85. The molecule has 1 aromatic heterocycles. The van der Waals surface area contributed by atoms with Crippen molar-refractivity contribution in [3.05, 3.63) is 35.0 Å². The summed E-state index contributed by atoms with van der Waals surface area (Å²) >= 11 is 0. The summed E-state index contributed by atoms with van der Waals surface area (Å²) in [4.78, 5) is 4.86. The number of nitrogen functional groups attached to an aromatic ring is 1. The molecule has 1 aromatic carbocycles. The van der Waals surface area contributed by atoms with Gasteiger partial charge in [0.05, 0.1) is 5.52 Å². The van der Waals surface area contributed by atoms with Crippen molar-refractivity contribution < 1.29 is 0 Å². The molecule has 2 heteroatoms. The number of para-hydroxylation sites is 1. The fraction of sp³-hybridized carbons (Fsp3) is 0.400. The van der Waals surface area contributed by atoms with E-state index in [1.807, 2.05) is 0 Å². The molecule has 3 rings (SSSR count). The van der Waals surface area contributed by atoms with Gasteiger partial charge in [0, 0.05) is 16.8 Å². The van der Waals surface area contributed by atoms with Crippen LogP contribution >= 0.6 is 0 Å². The number of anilines is 1. The number of aromatic nitrogens is 1. The van der Waals surface area contributed by atoms with Crippen LogP contribution in [0.1, 0.15) is 36.6 Å². The number of benzene rings is 1. The van der Waals surface area contributed by atoms with E-state index < -0.39 is 0 Å². The van der Waals surface area contributed by atoms with E-state index in [-0.39, 0.29) is 0 Å². The van der Waals surface area contributed by atoms with Crippen LogP contribution in [0.4, 0.5) is 5.69 Å². The first-order chi connectivity index (χ1) is 8.31. The molecule has 0 atom stereocenters. The lowest BCUT2D eigenvalue weighted by atomic mass is 10.0.